The first-order chi connectivity index (χ1) is 15.2. The van der Waals surface area contributed by atoms with Crippen molar-refractivity contribution in [2.24, 2.45) is 0 Å². The van der Waals surface area contributed by atoms with Crippen molar-refractivity contribution in [2.75, 3.05) is 0 Å². The highest BCUT2D eigenvalue weighted by Crippen LogP contribution is 2.43. The monoisotopic (exact) mass is 458 g/mol. The lowest BCUT2D eigenvalue weighted by atomic mass is 9.97. The number of aromatic hydroxyl groups is 1. The van der Waals surface area contributed by atoms with Crippen LogP contribution in [0.4, 0.5) is 13.2 Å². The molecule has 2 N–H and O–H groups in total. The van der Waals surface area contributed by atoms with Crippen LogP contribution in [0.2, 0.25) is 5.02 Å². The third-order valence-corrected chi connectivity index (χ3v) is 5.19. The van der Waals surface area contributed by atoms with Gasteiger partial charge in [-0.1, -0.05) is 53.6 Å². The molecule has 0 unspecified atom stereocenters. The molecule has 4 rings (SSSR count). The Morgan fingerprint density at radius 2 is 1.69 bits per heavy atom. The predicted octanol–water partition coefficient (Wildman–Crippen LogP) is 7.01. The average Bonchev–Trinajstić information content (AvgIpc) is 3.19. The normalized spacial score (nSPS) is 11.5. The molecule has 0 spiro atoms. The van der Waals surface area contributed by atoms with Crippen molar-refractivity contribution in [3.8, 4) is 33.9 Å². The summed E-state index contributed by atoms with van der Waals surface area (Å²) in [5.74, 6) is 0.122. The number of ether oxygens (including phenoxy) is 1. The summed E-state index contributed by atoms with van der Waals surface area (Å²) in [6, 6.07) is 18.2. The standard InChI is InChI=1S/C24H18ClF3N2O2/c1-14-2-6-16(7-3-14)21-22(29-30-23(21)24(26,27)28)19-11-10-18(12-20(19)31)32-13-15-4-8-17(25)9-5-15/h2-12,31H,13H2,1H3,(H,29,30). The number of H-pyrrole nitrogens is 1. The summed E-state index contributed by atoms with van der Waals surface area (Å²) in [7, 11) is 0. The van der Waals surface area contributed by atoms with Crippen LogP contribution in [-0.4, -0.2) is 15.3 Å². The Bertz CT molecular complexity index is 1230. The Balaban J connectivity index is 1.68. The number of phenols is 1. The zero-order chi connectivity index (χ0) is 22.9. The maximum absolute atomic E-state index is 13.6. The van der Waals surface area contributed by atoms with Gasteiger partial charge in [-0.25, -0.2) is 0 Å². The van der Waals surface area contributed by atoms with Crippen LogP contribution in [0.5, 0.6) is 11.5 Å². The number of alkyl halides is 3. The Morgan fingerprint density at radius 1 is 1.00 bits per heavy atom. The molecule has 32 heavy (non-hydrogen) atoms. The smallest absolute Gasteiger partial charge is 0.433 e. The highest BCUT2D eigenvalue weighted by Gasteiger charge is 2.38. The van der Waals surface area contributed by atoms with Crippen LogP contribution < -0.4 is 4.74 Å². The summed E-state index contributed by atoms with van der Waals surface area (Å²) in [6.45, 7) is 2.09. The molecule has 1 aromatic heterocycles. The van der Waals surface area contributed by atoms with E-state index in [9.17, 15) is 18.3 Å². The van der Waals surface area contributed by atoms with Gasteiger partial charge in [0, 0.05) is 22.2 Å². The predicted molar refractivity (Wildman–Crippen MR) is 117 cm³/mol. The van der Waals surface area contributed by atoms with E-state index in [1.807, 2.05) is 19.1 Å². The lowest BCUT2D eigenvalue weighted by Gasteiger charge is -2.12. The molecule has 4 aromatic rings. The Hall–Kier alpha value is -3.45. The first-order valence-electron chi connectivity index (χ1n) is 9.65. The number of aryl methyl sites for hydroxylation is 1. The van der Waals surface area contributed by atoms with Crippen molar-refractivity contribution in [3.05, 3.63) is 88.6 Å². The second-order valence-electron chi connectivity index (χ2n) is 7.28. The lowest BCUT2D eigenvalue weighted by Crippen LogP contribution is -2.07. The summed E-state index contributed by atoms with van der Waals surface area (Å²) < 4.78 is 46.6. The highest BCUT2D eigenvalue weighted by molar-refractivity contribution is 6.30. The molecule has 0 aliphatic carbocycles. The molecule has 0 saturated heterocycles. The van der Waals surface area contributed by atoms with E-state index in [1.54, 1.807) is 42.5 Å². The van der Waals surface area contributed by atoms with Crippen molar-refractivity contribution in [3.63, 3.8) is 0 Å². The van der Waals surface area contributed by atoms with Crippen molar-refractivity contribution >= 4 is 11.6 Å². The minimum absolute atomic E-state index is 0.00271. The molecule has 8 heteroatoms. The molecule has 0 atom stereocenters. The van der Waals surface area contributed by atoms with E-state index in [0.29, 0.717) is 16.3 Å². The summed E-state index contributed by atoms with van der Waals surface area (Å²) in [6.07, 6.45) is -4.64. The third-order valence-electron chi connectivity index (χ3n) is 4.93. The minimum atomic E-state index is -4.64. The molecule has 0 aliphatic rings. The molecule has 0 bridgehead atoms. The van der Waals surface area contributed by atoms with Crippen LogP contribution >= 0.6 is 11.6 Å². The third kappa shape index (κ3) is 4.57. The Morgan fingerprint density at radius 3 is 2.31 bits per heavy atom. The Labute approximate surface area is 187 Å². The van der Waals surface area contributed by atoms with E-state index in [0.717, 1.165) is 11.1 Å². The zero-order valence-corrected chi connectivity index (χ0v) is 17.6. The fraction of sp³-hybridized carbons (Fsp3) is 0.125. The molecule has 0 amide bonds. The second-order valence-corrected chi connectivity index (χ2v) is 7.72. The number of aromatic nitrogens is 2. The molecule has 0 fully saturated rings. The quantitative estimate of drug-likeness (QED) is 0.338. The first-order valence-corrected chi connectivity index (χ1v) is 10.0. The first kappa shape index (κ1) is 21.8. The summed E-state index contributed by atoms with van der Waals surface area (Å²) in [5, 5.41) is 17.2. The molecule has 0 saturated carbocycles. The summed E-state index contributed by atoms with van der Waals surface area (Å²) in [5.41, 5.74) is 1.20. The van der Waals surface area contributed by atoms with E-state index < -0.39 is 11.9 Å². The van der Waals surface area contributed by atoms with Gasteiger partial charge in [0.05, 0.1) is 0 Å². The summed E-state index contributed by atoms with van der Waals surface area (Å²) in [4.78, 5) is 0. The molecule has 164 valence electrons. The molecular weight excluding hydrogens is 441 g/mol. The van der Waals surface area contributed by atoms with Gasteiger partial charge in [0.25, 0.3) is 0 Å². The number of phenolic OH excluding ortho intramolecular Hbond substituents is 1. The van der Waals surface area contributed by atoms with Gasteiger partial charge >= 0.3 is 6.18 Å². The van der Waals surface area contributed by atoms with Crippen LogP contribution in [0, 0.1) is 6.92 Å². The number of hydrogen-bond acceptors (Lipinski definition) is 3. The fourth-order valence-electron chi connectivity index (χ4n) is 3.29. The van der Waals surface area contributed by atoms with Gasteiger partial charge in [-0.05, 0) is 42.3 Å². The largest absolute Gasteiger partial charge is 0.507 e. The van der Waals surface area contributed by atoms with Gasteiger partial charge < -0.3 is 9.84 Å². The van der Waals surface area contributed by atoms with Crippen molar-refractivity contribution in [1.29, 1.82) is 0 Å². The number of nitrogens with one attached hydrogen (secondary N) is 1. The summed E-state index contributed by atoms with van der Waals surface area (Å²) >= 11 is 5.87. The van der Waals surface area contributed by atoms with E-state index in [-0.39, 0.29) is 29.2 Å². The maximum atomic E-state index is 13.6. The van der Waals surface area contributed by atoms with Gasteiger partial charge in [0.15, 0.2) is 0 Å². The number of rotatable bonds is 5. The van der Waals surface area contributed by atoms with E-state index >= 15 is 0 Å². The van der Waals surface area contributed by atoms with E-state index in [1.165, 1.54) is 12.1 Å². The van der Waals surface area contributed by atoms with Crippen LogP contribution in [0.3, 0.4) is 0 Å². The number of aromatic amines is 1. The molecule has 1 heterocycles. The Kier molecular flexibility index (Phi) is 5.84. The van der Waals surface area contributed by atoms with Gasteiger partial charge in [-0.15, -0.1) is 0 Å². The molecule has 3 aromatic carbocycles. The van der Waals surface area contributed by atoms with Crippen LogP contribution in [0.25, 0.3) is 22.4 Å². The van der Waals surface area contributed by atoms with Crippen LogP contribution in [-0.2, 0) is 12.8 Å². The van der Waals surface area contributed by atoms with Gasteiger partial charge in [-0.3, -0.25) is 5.10 Å². The molecule has 0 aliphatic heterocycles. The van der Waals surface area contributed by atoms with Crippen molar-refractivity contribution in [2.45, 2.75) is 19.7 Å². The van der Waals surface area contributed by atoms with Crippen LogP contribution in [0.15, 0.2) is 66.7 Å². The second kappa shape index (κ2) is 8.59. The minimum Gasteiger partial charge on any atom is -0.507 e. The number of hydrogen-bond donors (Lipinski definition) is 2. The maximum Gasteiger partial charge on any atom is 0.433 e. The molecule has 0 radical (unpaired) electrons. The van der Waals surface area contributed by atoms with Gasteiger partial charge in [0.1, 0.15) is 29.5 Å². The van der Waals surface area contributed by atoms with Crippen LogP contribution in [0.1, 0.15) is 16.8 Å². The molecule has 4 nitrogen and oxygen atoms in total. The fourth-order valence-corrected chi connectivity index (χ4v) is 3.42. The van der Waals surface area contributed by atoms with Crippen molar-refractivity contribution < 1.29 is 23.0 Å². The SMILES string of the molecule is Cc1ccc(-c2c(-c3ccc(OCc4ccc(Cl)cc4)cc3O)n[nH]c2C(F)(F)F)cc1. The topological polar surface area (TPSA) is 58.1 Å². The highest BCUT2D eigenvalue weighted by atomic mass is 35.5. The lowest BCUT2D eigenvalue weighted by molar-refractivity contribution is -0.140. The average molecular weight is 459 g/mol. The van der Waals surface area contributed by atoms with Crippen molar-refractivity contribution in [1.82, 2.24) is 10.2 Å². The molecular formula is C24H18ClF3N2O2. The number of halogens is 4. The van der Waals surface area contributed by atoms with E-state index in [4.69, 9.17) is 16.3 Å². The number of nitrogens with zero attached hydrogens (tertiary/aromatic N) is 1. The van der Waals surface area contributed by atoms with Gasteiger partial charge in [-0.2, -0.15) is 18.3 Å². The zero-order valence-electron chi connectivity index (χ0n) is 16.9. The van der Waals surface area contributed by atoms with E-state index in [2.05, 4.69) is 10.2 Å². The number of benzene rings is 3. The van der Waals surface area contributed by atoms with Gasteiger partial charge in [0.2, 0.25) is 0 Å².